The van der Waals surface area contributed by atoms with Gasteiger partial charge in [0.1, 0.15) is 0 Å². The Labute approximate surface area is 127 Å². The zero-order valence-electron chi connectivity index (χ0n) is 12.1. The second kappa shape index (κ2) is 5.73. The number of likely N-dealkylation sites (tertiary alicyclic amines) is 1. The molecule has 4 rings (SSSR count). The first-order chi connectivity index (χ1) is 10.9. The molecule has 3 aromatic rings. The molecule has 1 saturated heterocycles. The second-order valence-electron chi connectivity index (χ2n) is 5.39. The van der Waals surface area contributed by atoms with Crippen LogP contribution in [0.4, 0.5) is 0 Å². The van der Waals surface area contributed by atoms with Gasteiger partial charge in [0.2, 0.25) is 5.89 Å². The molecule has 3 aromatic heterocycles. The summed E-state index contributed by atoms with van der Waals surface area (Å²) in [5.74, 6) is 1.64. The number of hydrogen-bond acceptors (Lipinski definition) is 6. The van der Waals surface area contributed by atoms with Crippen molar-refractivity contribution < 1.29 is 8.83 Å². The van der Waals surface area contributed by atoms with Crippen LogP contribution in [-0.4, -0.2) is 26.6 Å². The summed E-state index contributed by atoms with van der Waals surface area (Å²) in [6.45, 7) is 1.67. The summed E-state index contributed by atoms with van der Waals surface area (Å²) in [7, 11) is 0. The third-order valence-electron chi connectivity index (χ3n) is 3.97. The van der Waals surface area contributed by atoms with Crippen molar-refractivity contribution in [2.75, 3.05) is 6.54 Å². The molecule has 0 radical (unpaired) electrons. The van der Waals surface area contributed by atoms with Crippen molar-refractivity contribution in [3.63, 3.8) is 0 Å². The van der Waals surface area contributed by atoms with E-state index in [4.69, 9.17) is 8.83 Å². The Morgan fingerprint density at radius 1 is 1.23 bits per heavy atom. The van der Waals surface area contributed by atoms with Gasteiger partial charge in [-0.2, -0.15) is 0 Å². The molecule has 0 aromatic carbocycles. The first-order valence-electron chi connectivity index (χ1n) is 7.40. The SMILES string of the molecule is c1cncc(C2CCCN2Cc2nnc(-c3ccco3)o2)c1. The van der Waals surface area contributed by atoms with Crippen molar-refractivity contribution in [3.05, 3.63) is 54.4 Å². The first kappa shape index (κ1) is 13.2. The van der Waals surface area contributed by atoms with E-state index in [1.807, 2.05) is 18.3 Å². The molecule has 1 atom stereocenters. The maximum absolute atomic E-state index is 5.70. The molecule has 0 aliphatic carbocycles. The Balaban J connectivity index is 1.51. The van der Waals surface area contributed by atoms with Crippen LogP contribution >= 0.6 is 0 Å². The zero-order chi connectivity index (χ0) is 14.8. The fraction of sp³-hybridized carbons (Fsp3) is 0.312. The lowest BCUT2D eigenvalue weighted by atomic mass is 10.1. The molecule has 1 unspecified atom stereocenters. The number of nitrogens with zero attached hydrogens (tertiary/aromatic N) is 4. The maximum atomic E-state index is 5.70. The molecule has 4 heterocycles. The molecule has 6 nitrogen and oxygen atoms in total. The van der Waals surface area contributed by atoms with E-state index < -0.39 is 0 Å². The molecule has 1 aliphatic heterocycles. The minimum absolute atomic E-state index is 0.368. The Bertz CT molecular complexity index is 724. The monoisotopic (exact) mass is 296 g/mol. The van der Waals surface area contributed by atoms with Crippen LogP contribution in [0.5, 0.6) is 0 Å². The third kappa shape index (κ3) is 2.53. The van der Waals surface area contributed by atoms with Crippen molar-refractivity contribution in [2.45, 2.75) is 25.4 Å². The maximum Gasteiger partial charge on any atom is 0.283 e. The summed E-state index contributed by atoms with van der Waals surface area (Å²) in [6, 6.07) is 8.09. The number of rotatable bonds is 4. The second-order valence-corrected chi connectivity index (χ2v) is 5.39. The predicted octanol–water partition coefficient (Wildman–Crippen LogP) is 3.06. The number of hydrogen-bond donors (Lipinski definition) is 0. The van der Waals surface area contributed by atoms with Crippen LogP contribution in [0, 0.1) is 0 Å². The number of pyridine rings is 1. The van der Waals surface area contributed by atoms with Gasteiger partial charge in [0.05, 0.1) is 12.8 Å². The van der Waals surface area contributed by atoms with E-state index >= 15 is 0 Å². The van der Waals surface area contributed by atoms with Gasteiger partial charge < -0.3 is 8.83 Å². The van der Waals surface area contributed by atoms with Gasteiger partial charge in [-0.3, -0.25) is 9.88 Å². The summed E-state index contributed by atoms with van der Waals surface area (Å²) < 4.78 is 11.0. The fourth-order valence-electron chi connectivity index (χ4n) is 2.96. The quantitative estimate of drug-likeness (QED) is 0.737. The van der Waals surface area contributed by atoms with E-state index in [1.54, 1.807) is 18.5 Å². The van der Waals surface area contributed by atoms with Crippen LogP contribution in [0.1, 0.15) is 30.3 Å². The van der Waals surface area contributed by atoms with Crippen LogP contribution in [0.25, 0.3) is 11.7 Å². The van der Waals surface area contributed by atoms with Gasteiger partial charge in [0, 0.05) is 18.4 Å². The average molecular weight is 296 g/mol. The summed E-state index contributed by atoms with van der Waals surface area (Å²) >= 11 is 0. The van der Waals surface area contributed by atoms with Crippen molar-refractivity contribution in [1.82, 2.24) is 20.1 Å². The van der Waals surface area contributed by atoms with Gasteiger partial charge in [-0.25, -0.2) is 0 Å². The van der Waals surface area contributed by atoms with Crippen LogP contribution in [0.15, 0.2) is 51.8 Å². The van der Waals surface area contributed by atoms with E-state index in [1.165, 1.54) is 12.0 Å². The van der Waals surface area contributed by atoms with Crippen LogP contribution in [0.3, 0.4) is 0 Å². The summed E-state index contributed by atoms with van der Waals surface area (Å²) in [4.78, 5) is 6.58. The van der Waals surface area contributed by atoms with E-state index in [2.05, 4.69) is 26.1 Å². The first-order valence-corrected chi connectivity index (χ1v) is 7.40. The molecule has 0 spiro atoms. The number of furan rings is 1. The Kier molecular flexibility index (Phi) is 3.44. The Hall–Kier alpha value is -2.47. The highest BCUT2D eigenvalue weighted by Crippen LogP contribution is 2.32. The molecular weight excluding hydrogens is 280 g/mol. The number of aromatic nitrogens is 3. The molecule has 0 bridgehead atoms. The summed E-state index contributed by atoms with van der Waals surface area (Å²) in [5, 5.41) is 8.18. The third-order valence-corrected chi connectivity index (χ3v) is 3.97. The van der Waals surface area contributed by atoms with Gasteiger partial charge in [0.15, 0.2) is 5.76 Å². The van der Waals surface area contributed by atoms with Crippen LogP contribution in [0.2, 0.25) is 0 Å². The Morgan fingerprint density at radius 2 is 2.23 bits per heavy atom. The lowest BCUT2D eigenvalue weighted by molar-refractivity contribution is 0.223. The lowest BCUT2D eigenvalue weighted by Crippen LogP contribution is -2.23. The van der Waals surface area contributed by atoms with Gasteiger partial charge >= 0.3 is 0 Å². The van der Waals surface area contributed by atoms with E-state index in [9.17, 15) is 0 Å². The minimum atomic E-state index is 0.368. The van der Waals surface area contributed by atoms with E-state index in [0.717, 1.165) is 13.0 Å². The normalized spacial score (nSPS) is 18.8. The molecule has 0 saturated carbocycles. The van der Waals surface area contributed by atoms with E-state index in [-0.39, 0.29) is 0 Å². The smallest absolute Gasteiger partial charge is 0.283 e. The minimum Gasteiger partial charge on any atom is -0.459 e. The standard InChI is InChI=1S/C16H16N4O2/c1-4-12(10-17-7-1)13-5-2-8-20(13)11-15-18-19-16(22-15)14-6-3-9-21-14/h1,3-4,6-7,9-10,13H,2,5,8,11H2. The topological polar surface area (TPSA) is 68.2 Å². The highest BCUT2D eigenvalue weighted by atomic mass is 16.4. The van der Waals surface area contributed by atoms with Crippen molar-refractivity contribution in [1.29, 1.82) is 0 Å². The molecule has 0 amide bonds. The average Bonchev–Trinajstić information content (AvgIpc) is 3.30. The molecule has 1 aliphatic rings. The van der Waals surface area contributed by atoms with Gasteiger partial charge in [-0.15, -0.1) is 10.2 Å². The molecule has 6 heteroatoms. The van der Waals surface area contributed by atoms with Crippen molar-refractivity contribution in [3.8, 4) is 11.7 Å². The summed E-state index contributed by atoms with van der Waals surface area (Å²) in [6.07, 6.45) is 7.63. The molecule has 22 heavy (non-hydrogen) atoms. The molecule has 0 N–H and O–H groups in total. The van der Waals surface area contributed by atoms with Crippen molar-refractivity contribution >= 4 is 0 Å². The van der Waals surface area contributed by atoms with Gasteiger partial charge in [-0.05, 0) is 43.1 Å². The molecule has 112 valence electrons. The van der Waals surface area contributed by atoms with Crippen molar-refractivity contribution in [2.24, 2.45) is 0 Å². The summed E-state index contributed by atoms with van der Waals surface area (Å²) in [5.41, 5.74) is 1.24. The fourth-order valence-corrected chi connectivity index (χ4v) is 2.96. The Morgan fingerprint density at radius 3 is 3.05 bits per heavy atom. The van der Waals surface area contributed by atoms with Crippen LogP contribution in [-0.2, 0) is 6.54 Å². The van der Waals surface area contributed by atoms with Gasteiger partial charge in [0.25, 0.3) is 5.89 Å². The highest BCUT2D eigenvalue weighted by Gasteiger charge is 2.27. The lowest BCUT2D eigenvalue weighted by Gasteiger charge is -2.22. The van der Waals surface area contributed by atoms with Gasteiger partial charge in [-0.1, -0.05) is 6.07 Å². The van der Waals surface area contributed by atoms with E-state index in [0.29, 0.717) is 30.1 Å². The predicted molar refractivity (Wildman–Crippen MR) is 78.6 cm³/mol. The molecule has 1 fully saturated rings. The zero-order valence-corrected chi connectivity index (χ0v) is 12.1. The van der Waals surface area contributed by atoms with Crippen LogP contribution < -0.4 is 0 Å². The highest BCUT2D eigenvalue weighted by molar-refractivity contribution is 5.42. The molecular formula is C16H16N4O2. The largest absolute Gasteiger partial charge is 0.459 e.